The van der Waals surface area contributed by atoms with Crippen molar-refractivity contribution in [3.8, 4) is 0 Å². The van der Waals surface area contributed by atoms with Gasteiger partial charge in [0.2, 0.25) is 0 Å². The first-order valence-electron chi connectivity index (χ1n) is 6.67. The summed E-state index contributed by atoms with van der Waals surface area (Å²) in [6.07, 6.45) is -0.854. The SMILES string of the molecule is O=C(O)[C@H](CCN1CC[C@H]1C(=O)O)NCC[C@H](O)C(=O)O. The lowest BCUT2D eigenvalue weighted by Gasteiger charge is -2.38. The molecule has 1 fully saturated rings. The Labute approximate surface area is 121 Å². The predicted octanol–water partition coefficient (Wildman–Crippen LogP) is -1.59. The van der Waals surface area contributed by atoms with E-state index in [1.165, 1.54) is 0 Å². The number of hydrogen-bond donors (Lipinski definition) is 5. The van der Waals surface area contributed by atoms with Crippen LogP contribution >= 0.6 is 0 Å². The highest BCUT2D eigenvalue weighted by molar-refractivity contribution is 5.75. The average molecular weight is 304 g/mol. The van der Waals surface area contributed by atoms with E-state index in [0.29, 0.717) is 19.5 Å². The predicted molar refractivity (Wildman–Crippen MR) is 69.9 cm³/mol. The van der Waals surface area contributed by atoms with Gasteiger partial charge in [-0.1, -0.05) is 0 Å². The van der Waals surface area contributed by atoms with Crippen molar-refractivity contribution >= 4 is 17.9 Å². The number of nitrogens with zero attached hydrogens (tertiary/aromatic N) is 1. The van der Waals surface area contributed by atoms with Gasteiger partial charge in [0.25, 0.3) is 0 Å². The summed E-state index contributed by atoms with van der Waals surface area (Å²) in [5.41, 5.74) is 0. The molecule has 9 heteroatoms. The molecule has 1 aliphatic rings. The minimum Gasteiger partial charge on any atom is -0.480 e. The molecule has 3 atom stereocenters. The number of aliphatic hydroxyl groups is 1. The summed E-state index contributed by atoms with van der Waals surface area (Å²) in [4.78, 5) is 34.0. The van der Waals surface area contributed by atoms with Gasteiger partial charge < -0.3 is 25.7 Å². The second-order valence-corrected chi connectivity index (χ2v) is 4.96. The van der Waals surface area contributed by atoms with Crippen LogP contribution in [0.15, 0.2) is 0 Å². The molecule has 0 bridgehead atoms. The minimum atomic E-state index is -1.53. The topological polar surface area (TPSA) is 147 Å². The maximum Gasteiger partial charge on any atom is 0.332 e. The standard InChI is InChI=1S/C12H20N2O7/c15-9(12(20)21)1-4-13-7(10(16)17)2-5-14-6-3-8(14)11(18)19/h7-9,13,15H,1-6H2,(H,16,17)(H,18,19)(H,20,21)/t7-,8-,9-/m0/s1. The van der Waals surface area contributed by atoms with E-state index in [-0.39, 0.29) is 19.4 Å². The van der Waals surface area contributed by atoms with Gasteiger partial charge in [0.15, 0.2) is 6.10 Å². The van der Waals surface area contributed by atoms with Crippen molar-refractivity contribution in [2.75, 3.05) is 19.6 Å². The van der Waals surface area contributed by atoms with Gasteiger partial charge in [-0.25, -0.2) is 4.79 Å². The fourth-order valence-corrected chi connectivity index (χ4v) is 2.11. The quantitative estimate of drug-likeness (QED) is 0.322. The number of hydrogen-bond acceptors (Lipinski definition) is 6. The Balaban J connectivity index is 2.32. The van der Waals surface area contributed by atoms with Gasteiger partial charge in [0.05, 0.1) is 0 Å². The zero-order valence-electron chi connectivity index (χ0n) is 11.4. The van der Waals surface area contributed by atoms with Gasteiger partial charge in [-0.2, -0.15) is 0 Å². The highest BCUT2D eigenvalue weighted by Gasteiger charge is 2.34. The molecule has 0 saturated carbocycles. The molecule has 1 saturated heterocycles. The third-order valence-electron chi connectivity index (χ3n) is 3.51. The third kappa shape index (κ3) is 5.29. The van der Waals surface area contributed by atoms with Crippen molar-refractivity contribution in [1.29, 1.82) is 0 Å². The van der Waals surface area contributed by atoms with Gasteiger partial charge in [-0.05, 0) is 25.8 Å². The lowest BCUT2D eigenvalue weighted by Crippen LogP contribution is -2.54. The minimum absolute atomic E-state index is 0.0484. The lowest BCUT2D eigenvalue weighted by molar-refractivity contribution is -0.148. The summed E-state index contributed by atoms with van der Waals surface area (Å²) < 4.78 is 0. The first-order valence-corrected chi connectivity index (χ1v) is 6.67. The van der Waals surface area contributed by atoms with E-state index in [2.05, 4.69) is 5.32 Å². The molecule has 1 rings (SSSR count). The summed E-state index contributed by atoms with van der Waals surface area (Å²) in [6.45, 7) is 1.01. The van der Waals surface area contributed by atoms with Gasteiger partial charge in [0, 0.05) is 13.1 Å². The molecule has 0 unspecified atom stereocenters. The number of carboxylic acids is 3. The van der Waals surface area contributed by atoms with E-state index < -0.39 is 36.1 Å². The molecule has 0 aliphatic carbocycles. The summed E-state index contributed by atoms with van der Waals surface area (Å²) in [5.74, 6) is -3.36. The molecule has 0 spiro atoms. The first-order chi connectivity index (χ1) is 9.82. The number of carboxylic acid groups (broad SMARTS) is 3. The van der Waals surface area contributed by atoms with Gasteiger partial charge >= 0.3 is 17.9 Å². The number of aliphatic hydroxyl groups excluding tert-OH is 1. The van der Waals surface area contributed by atoms with Crippen LogP contribution in [0.1, 0.15) is 19.3 Å². The van der Waals surface area contributed by atoms with Crippen molar-refractivity contribution in [2.45, 2.75) is 37.5 Å². The monoisotopic (exact) mass is 304 g/mol. The molecule has 1 aliphatic heterocycles. The Morgan fingerprint density at radius 2 is 1.81 bits per heavy atom. The molecule has 21 heavy (non-hydrogen) atoms. The molecule has 0 aromatic heterocycles. The Hall–Kier alpha value is -1.71. The van der Waals surface area contributed by atoms with Crippen LogP contribution in [-0.4, -0.2) is 81.1 Å². The molecule has 9 nitrogen and oxygen atoms in total. The van der Waals surface area contributed by atoms with Gasteiger partial charge in [-0.3, -0.25) is 14.5 Å². The maximum absolute atomic E-state index is 11.1. The highest BCUT2D eigenvalue weighted by atomic mass is 16.4. The molecular formula is C12H20N2O7. The van der Waals surface area contributed by atoms with E-state index in [4.69, 9.17) is 20.4 Å². The van der Waals surface area contributed by atoms with Gasteiger partial charge in [0.1, 0.15) is 12.1 Å². The Morgan fingerprint density at radius 3 is 2.24 bits per heavy atom. The van der Waals surface area contributed by atoms with E-state index in [1.54, 1.807) is 4.90 Å². The zero-order chi connectivity index (χ0) is 16.0. The van der Waals surface area contributed by atoms with Crippen LogP contribution in [0.25, 0.3) is 0 Å². The Bertz CT molecular complexity index is 401. The molecule has 0 aromatic rings. The second-order valence-electron chi connectivity index (χ2n) is 4.96. The van der Waals surface area contributed by atoms with E-state index in [9.17, 15) is 14.4 Å². The van der Waals surface area contributed by atoms with Gasteiger partial charge in [-0.15, -0.1) is 0 Å². The highest BCUT2D eigenvalue weighted by Crippen LogP contribution is 2.17. The molecule has 120 valence electrons. The second kappa shape index (κ2) is 7.91. The average Bonchev–Trinajstić information content (AvgIpc) is 2.34. The summed E-state index contributed by atoms with van der Waals surface area (Å²) in [5, 5.41) is 38.2. The fraction of sp³-hybridized carbons (Fsp3) is 0.750. The number of nitrogens with one attached hydrogen (secondary N) is 1. The molecule has 0 aromatic carbocycles. The van der Waals surface area contributed by atoms with E-state index in [0.717, 1.165) is 0 Å². The summed E-state index contributed by atoms with van der Waals surface area (Å²) in [6, 6.07) is -1.45. The molecule has 0 amide bonds. The van der Waals surface area contributed by atoms with Crippen LogP contribution in [0, 0.1) is 0 Å². The lowest BCUT2D eigenvalue weighted by atomic mass is 10.0. The summed E-state index contributed by atoms with van der Waals surface area (Å²) in [7, 11) is 0. The number of carbonyl (C=O) groups is 3. The van der Waals surface area contributed by atoms with Crippen LogP contribution in [0.4, 0.5) is 0 Å². The van der Waals surface area contributed by atoms with Crippen LogP contribution < -0.4 is 5.32 Å². The van der Waals surface area contributed by atoms with Crippen LogP contribution in [0.2, 0.25) is 0 Å². The number of aliphatic carboxylic acids is 3. The first kappa shape index (κ1) is 17.3. The van der Waals surface area contributed by atoms with Crippen molar-refractivity contribution in [2.24, 2.45) is 0 Å². The number of likely N-dealkylation sites (tertiary alicyclic amines) is 1. The zero-order valence-corrected chi connectivity index (χ0v) is 11.4. The smallest absolute Gasteiger partial charge is 0.332 e. The molecule has 5 N–H and O–H groups in total. The molecular weight excluding hydrogens is 284 g/mol. The molecule has 0 radical (unpaired) electrons. The van der Waals surface area contributed by atoms with Crippen LogP contribution in [0.3, 0.4) is 0 Å². The Kier molecular flexibility index (Phi) is 6.53. The van der Waals surface area contributed by atoms with E-state index in [1.807, 2.05) is 0 Å². The summed E-state index contributed by atoms with van der Waals surface area (Å²) >= 11 is 0. The maximum atomic E-state index is 11.1. The Morgan fingerprint density at radius 1 is 1.14 bits per heavy atom. The van der Waals surface area contributed by atoms with Crippen molar-refractivity contribution in [3.05, 3.63) is 0 Å². The fourth-order valence-electron chi connectivity index (χ4n) is 2.11. The largest absolute Gasteiger partial charge is 0.480 e. The normalized spacial score (nSPS) is 21.3. The molecule has 1 heterocycles. The number of rotatable bonds is 10. The third-order valence-corrected chi connectivity index (χ3v) is 3.51. The van der Waals surface area contributed by atoms with Crippen molar-refractivity contribution in [3.63, 3.8) is 0 Å². The van der Waals surface area contributed by atoms with Crippen LogP contribution in [0.5, 0.6) is 0 Å². The van der Waals surface area contributed by atoms with Crippen LogP contribution in [-0.2, 0) is 14.4 Å². The van der Waals surface area contributed by atoms with E-state index >= 15 is 0 Å². The van der Waals surface area contributed by atoms with Crippen molar-refractivity contribution < 1.29 is 34.8 Å². The van der Waals surface area contributed by atoms with Crippen molar-refractivity contribution in [1.82, 2.24) is 10.2 Å².